The van der Waals surface area contributed by atoms with Gasteiger partial charge < -0.3 is 4.21 Å². The number of unbranched alkanes of at least 4 members (excludes halogenated alkanes) is 4. The molecule has 116 valence electrons. The van der Waals surface area contributed by atoms with Crippen molar-refractivity contribution in [1.82, 2.24) is 0 Å². The monoisotopic (exact) mass is 310 g/mol. The molecule has 0 aliphatic rings. The molecule has 0 bridgehead atoms. The highest BCUT2D eigenvalue weighted by atomic mass is 31.2. The van der Waals surface area contributed by atoms with Crippen LogP contribution in [0.2, 0.25) is 19.6 Å². The zero-order valence-electron chi connectivity index (χ0n) is 13.2. The van der Waals surface area contributed by atoms with Crippen molar-refractivity contribution in [1.29, 1.82) is 0 Å². The molecule has 0 saturated carbocycles. The van der Waals surface area contributed by atoms with Crippen molar-refractivity contribution in [3.63, 3.8) is 0 Å². The van der Waals surface area contributed by atoms with E-state index in [0.29, 0.717) is 13.2 Å². The Morgan fingerprint density at radius 2 is 1.26 bits per heavy atom. The van der Waals surface area contributed by atoms with Gasteiger partial charge in [-0.2, -0.15) is 0 Å². The van der Waals surface area contributed by atoms with Crippen molar-refractivity contribution >= 4 is 16.1 Å². The summed E-state index contributed by atoms with van der Waals surface area (Å²) in [6, 6.07) is 0. The minimum atomic E-state index is -3.36. The lowest BCUT2D eigenvalue weighted by Gasteiger charge is -2.25. The molecule has 0 N–H and O–H groups in total. The van der Waals surface area contributed by atoms with Gasteiger partial charge in [-0.25, -0.2) is 4.57 Å². The first kappa shape index (κ1) is 19.3. The molecule has 0 aliphatic heterocycles. The maximum atomic E-state index is 12.5. The van der Waals surface area contributed by atoms with Gasteiger partial charge in [0.15, 0.2) is 8.32 Å². The van der Waals surface area contributed by atoms with E-state index in [2.05, 4.69) is 13.8 Å². The number of hydrogen-bond donors (Lipinski definition) is 0. The average Bonchev–Trinajstić information content (AvgIpc) is 2.28. The van der Waals surface area contributed by atoms with E-state index in [1.807, 2.05) is 19.6 Å². The molecule has 6 heteroatoms. The molecule has 0 heterocycles. The first-order valence-electron chi connectivity index (χ1n) is 7.43. The third kappa shape index (κ3) is 11.8. The van der Waals surface area contributed by atoms with Gasteiger partial charge in [-0.05, 0) is 32.5 Å². The van der Waals surface area contributed by atoms with Crippen LogP contribution < -0.4 is 0 Å². The van der Waals surface area contributed by atoms with Crippen molar-refractivity contribution in [2.24, 2.45) is 0 Å². The van der Waals surface area contributed by atoms with Crippen LogP contribution in [-0.4, -0.2) is 21.5 Å². The second-order valence-electron chi connectivity index (χ2n) is 5.73. The summed E-state index contributed by atoms with van der Waals surface area (Å²) in [5, 5.41) is 0. The molecule has 19 heavy (non-hydrogen) atoms. The van der Waals surface area contributed by atoms with Gasteiger partial charge in [0.2, 0.25) is 0 Å². The van der Waals surface area contributed by atoms with Crippen molar-refractivity contribution in [2.75, 3.05) is 13.2 Å². The normalized spacial score (nSPS) is 12.9. The predicted molar refractivity (Wildman–Crippen MR) is 83.0 cm³/mol. The molecule has 0 aliphatic carbocycles. The lowest BCUT2D eigenvalue weighted by molar-refractivity contribution is 0.149. The van der Waals surface area contributed by atoms with Crippen LogP contribution in [-0.2, 0) is 17.8 Å². The lowest BCUT2D eigenvalue weighted by Crippen LogP contribution is -2.25. The molecule has 0 radical (unpaired) electrons. The SMILES string of the molecule is CCCCCOP(=O)(OCCCCC)O[Si](C)(C)C. The molecule has 0 spiro atoms. The van der Waals surface area contributed by atoms with E-state index >= 15 is 0 Å². The Kier molecular flexibility index (Phi) is 10.3. The number of rotatable bonds is 12. The Bertz CT molecular complexity index is 250. The second-order valence-corrected chi connectivity index (χ2v) is 12.1. The van der Waals surface area contributed by atoms with Gasteiger partial charge in [0.1, 0.15) is 0 Å². The number of hydrogen-bond acceptors (Lipinski definition) is 4. The molecule has 0 unspecified atom stereocenters. The summed E-state index contributed by atoms with van der Waals surface area (Å²) < 4.78 is 29.0. The van der Waals surface area contributed by atoms with Crippen molar-refractivity contribution in [2.45, 2.75) is 72.0 Å². The quantitative estimate of drug-likeness (QED) is 0.276. The van der Waals surface area contributed by atoms with Gasteiger partial charge in [0.25, 0.3) is 0 Å². The minimum Gasteiger partial charge on any atom is -0.330 e. The van der Waals surface area contributed by atoms with E-state index in [0.717, 1.165) is 38.5 Å². The topological polar surface area (TPSA) is 44.8 Å². The van der Waals surface area contributed by atoms with E-state index in [4.69, 9.17) is 13.3 Å². The van der Waals surface area contributed by atoms with E-state index in [9.17, 15) is 4.57 Å². The summed E-state index contributed by atoms with van der Waals surface area (Å²) in [6.45, 7) is 11.1. The standard InChI is InChI=1S/C13H31O4PSi/c1-6-8-10-12-15-18(14,17-19(3,4)5)16-13-11-9-7-2/h6-13H2,1-5H3. The van der Waals surface area contributed by atoms with Crippen molar-refractivity contribution in [3.8, 4) is 0 Å². The number of phosphoric ester groups is 1. The van der Waals surface area contributed by atoms with Crippen LogP contribution in [0.25, 0.3) is 0 Å². The maximum Gasteiger partial charge on any atom is 0.464 e. The molecule has 4 nitrogen and oxygen atoms in total. The zero-order valence-corrected chi connectivity index (χ0v) is 15.1. The van der Waals surface area contributed by atoms with Gasteiger partial charge >= 0.3 is 7.82 Å². The molecule has 0 aromatic carbocycles. The van der Waals surface area contributed by atoms with Crippen LogP contribution >= 0.6 is 7.82 Å². The molecular formula is C13H31O4PSi. The van der Waals surface area contributed by atoms with Gasteiger partial charge in [-0.15, -0.1) is 0 Å². The highest BCUT2D eigenvalue weighted by Gasteiger charge is 2.33. The highest BCUT2D eigenvalue weighted by molar-refractivity contribution is 7.50. The lowest BCUT2D eigenvalue weighted by atomic mass is 10.3. The molecule has 0 aromatic heterocycles. The summed E-state index contributed by atoms with van der Waals surface area (Å²) in [5.74, 6) is 0. The summed E-state index contributed by atoms with van der Waals surface area (Å²) in [4.78, 5) is 0. The largest absolute Gasteiger partial charge is 0.464 e. The van der Waals surface area contributed by atoms with Crippen molar-refractivity contribution < 1.29 is 17.8 Å². The molecule has 0 aromatic rings. The Balaban J connectivity index is 4.24. The van der Waals surface area contributed by atoms with Crippen LogP contribution in [0.5, 0.6) is 0 Å². The molecule has 0 amide bonds. The van der Waals surface area contributed by atoms with Crippen LogP contribution in [0, 0.1) is 0 Å². The smallest absolute Gasteiger partial charge is 0.330 e. The van der Waals surface area contributed by atoms with E-state index < -0.39 is 16.1 Å². The average molecular weight is 310 g/mol. The maximum absolute atomic E-state index is 12.5. The first-order chi connectivity index (χ1) is 8.83. The Morgan fingerprint density at radius 3 is 1.58 bits per heavy atom. The summed E-state index contributed by atoms with van der Waals surface area (Å²) in [6.07, 6.45) is 6.16. The van der Waals surface area contributed by atoms with Crippen molar-refractivity contribution in [3.05, 3.63) is 0 Å². The Labute approximate surface area is 120 Å². The highest BCUT2D eigenvalue weighted by Crippen LogP contribution is 2.52. The van der Waals surface area contributed by atoms with Gasteiger partial charge in [0.05, 0.1) is 13.2 Å². The van der Waals surface area contributed by atoms with Crippen LogP contribution in [0.15, 0.2) is 0 Å². The Hall–Kier alpha value is 0.327. The fourth-order valence-corrected chi connectivity index (χ4v) is 5.37. The molecule has 0 saturated heterocycles. The van der Waals surface area contributed by atoms with Crippen LogP contribution in [0.4, 0.5) is 0 Å². The molecule has 0 fully saturated rings. The van der Waals surface area contributed by atoms with Gasteiger partial charge in [-0.1, -0.05) is 39.5 Å². The predicted octanol–water partition coefficient (Wildman–Crippen LogP) is 5.36. The minimum absolute atomic E-state index is 0.448. The molecular weight excluding hydrogens is 279 g/mol. The van der Waals surface area contributed by atoms with E-state index in [1.54, 1.807) is 0 Å². The fourth-order valence-electron chi connectivity index (χ4n) is 1.48. The first-order valence-corrected chi connectivity index (χ1v) is 12.3. The van der Waals surface area contributed by atoms with Gasteiger partial charge in [-0.3, -0.25) is 9.05 Å². The Morgan fingerprint density at radius 1 is 0.842 bits per heavy atom. The summed E-state index contributed by atoms with van der Waals surface area (Å²) >= 11 is 0. The van der Waals surface area contributed by atoms with E-state index in [-0.39, 0.29) is 0 Å². The van der Waals surface area contributed by atoms with Crippen LogP contribution in [0.3, 0.4) is 0 Å². The second kappa shape index (κ2) is 10.1. The van der Waals surface area contributed by atoms with Crippen LogP contribution in [0.1, 0.15) is 52.4 Å². The molecule has 0 rings (SSSR count). The number of phosphoric acid groups is 1. The zero-order chi connectivity index (χ0) is 14.8. The summed E-state index contributed by atoms with van der Waals surface area (Å²) in [5.41, 5.74) is 0. The summed E-state index contributed by atoms with van der Waals surface area (Å²) in [7, 11) is -5.30. The molecule has 0 atom stereocenters. The third-order valence-electron chi connectivity index (χ3n) is 2.38. The fraction of sp³-hybridized carbons (Fsp3) is 1.00. The van der Waals surface area contributed by atoms with E-state index in [1.165, 1.54) is 0 Å². The third-order valence-corrected chi connectivity index (χ3v) is 6.46. The van der Waals surface area contributed by atoms with Gasteiger partial charge in [0, 0.05) is 0 Å².